The van der Waals surface area contributed by atoms with Crippen molar-refractivity contribution in [2.75, 3.05) is 0 Å². The van der Waals surface area contributed by atoms with Gasteiger partial charge >= 0.3 is 0 Å². The van der Waals surface area contributed by atoms with Crippen molar-refractivity contribution < 1.29 is 4.79 Å². The number of Topliss-reactive ketones (excluding diaryl/α,β-unsaturated/α-hetero) is 1. The first kappa shape index (κ1) is 11.9. The summed E-state index contributed by atoms with van der Waals surface area (Å²) in [7, 11) is 0. The molecule has 0 aliphatic heterocycles. The van der Waals surface area contributed by atoms with E-state index in [1.54, 1.807) is 0 Å². The minimum atomic E-state index is -0.0673. The van der Waals surface area contributed by atoms with Crippen LogP contribution in [0.15, 0.2) is 24.3 Å². The Morgan fingerprint density at radius 2 is 2.07 bits per heavy atom. The summed E-state index contributed by atoms with van der Waals surface area (Å²) >= 11 is 0. The summed E-state index contributed by atoms with van der Waals surface area (Å²) < 4.78 is 0. The summed E-state index contributed by atoms with van der Waals surface area (Å²) in [6.45, 7) is 5.80. The monoisotopic (exact) mass is 205 g/mol. The van der Waals surface area contributed by atoms with Crippen LogP contribution in [0, 0.1) is 12.8 Å². The predicted octanol–water partition coefficient (Wildman–Crippen LogP) is 2.09. The van der Waals surface area contributed by atoms with Crippen LogP contribution >= 0.6 is 0 Å². The molecule has 0 saturated heterocycles. The van der Waals surface area contributed by atoms with Crippen molar-refractivity contribution >= 4 is 5.78 Å². The number of carbonyl (C=O) groups is 1. The molecular weight excluding hydrogens is 186 g/mol. The van der Waals surface area contributed by atoms with E-state index in [4.69, 9.17) is 5.73 Å². The van der Waals surface area contributed by atoms with Gasteiger partial charge < -0.3 is 5.73 Å². The average molecular weight is 205 g/mol. The van der Waals surface area contributed by atoms with Gasteiger partial charge in [0.1, 0.15) is 5.78 Å². The zero-order valence-corrected chi connectivity index (χ0v) is 9.66. The lowest BCUT2D eigenvalue weighted by molar-refractivity contribution is -0.122. The molecular formula is C13H19NO. The van der Waals surface area contributed by atoms with Crippen molar-refractivity contribution in [2.24, 2.45) is 11.7 Å². The van der Waals surface area contributed by atoms with Crippen molar-refractivity contribution in [2.45, 2.75) is 33.2 Å². The number of hydrogen-bond donors (Lipinski definition) is 1. The Hall–Kier alpha value is -1.15. The molecule has 15 heavy (non-hydrogen) atoms. The molecule has 0 aliphatic carbocycles. The fourth-order valence-electron chi connectivity index (χ4n) is 1.48. The van der Waals surface area contributed by atoms with Crippen molar-refractivity contribution in [3.05, 3.63) is 35.4 Å². The third-order valence-electron chi connectivity index (χ3n) is 2.76. The Morgan fingerprint density at radius 1 is 1.40 bits per heavy atom. The summed E-state index contributed by atoms with van der Waals surface area (Å²) in [6, 6.07) is 7.98. The lowest BCUT2D eigenvalue weighted by Gasteiger charge is -2.14. The standard InChI is InChI=1S/C13H19NO/c1-9-5-4-6-12(7-9)8-13(15)10(2)11(3)14/h4-7,10-11H,8,14H2,1-3H3. The first-order valence-electron chi connectivity index (χ1n) is 5.34. The normalized spacial score (nSPS) is 14.7. The molecule has 2 atom stereocenters. The van der Waals surface area contributed by atoms with E-state index in [1.165, 1.54) is 5.56 Å². The molecule has 2 N–H and O–H groups in total. The molecule has 2 unspecified atom stereocenters. The minimum Gasteiger partial charge on any atom is -0.327 e. The number of nitrogens with two attached hydrogens (primary N) is 1. The van der Waals surface area contributed by atoms with E-state index in [0.29, 0.717) is 6.42 Å². The Kier molecular flexibility index (Phi) is 4.04. The summed E-state index contributed by atoms with van der Waals surface area (Å²) in [5.41, 5.74) is 7.96. The Bertz CT molecular complexity index is 344. The topological polar surface area (TPSA) is 43.1 Å². The first-order valence-corrected chi connectivity index (χ1v) is 5.34. The molecule has 1 aromatic rings. The van der Waals surface area contributed by atoms with Crippen LogP contribution in [0.5, 0.6) is 0 Å². The summed E-state index contributed by atoms with van der Waals surface area (Å²) in [6.07, 6.45) is 0.490. The summed E-state index contributed by atoms with van der Waals surface area (Å²) in [5, 5.41) is 0. The molecule has 0 aromatic heterocycles. The van der Waals surface area contributed by atoms with Crippen molar-refractivity contribution in [1.29, 1.82) is 0 Å². The lowest BCUT2D eigenvalue weighted by Crippen LogP contribution is -2.31. The molecule has 1 rings (SSSR count). The number of ketones is 1. The molecule has 0 fully saturated rings. The van der Waals surface area contributed by atoms with Crippen molar-refractivity contribution in [3.8, 4) is 0 Å². The molecule has 0 spiro atoms. The second kappa shape index (κ2) is 5.08. The fraction of sp³-hybridized carbons (Fsp3) is 0.462. The molecule has 0 aliphatic rings. The second-order valence-corrected chi connectivity index (χ2v) is 4.28. The largest absolute Gasteiger partial charge is 0.327 e. The highest BCUT2D eigenvalue weighted by Crippen LogP contribution is 2.10. The van der Waals surface area contributed by atoms with Gasteiger partial charge in [0.05, 0.1) is 0 Å². The highest BCUT2D eigenvalue weighted by atomic mass is 16.1. The Balaban J connectivity index is 2.66. The number of carbonyl (C=O) groups excluding carboxylic acids is 1. The van der Waals surface area contributed by atoms with Gasteiger partial charge in [-0.15, -0.1) is 0 Å². The average Bonchev–Trinajstić information content (AvgIpc) is 2.16. The van der Waals surface area contributed by atoms with E-state index in [1.807, 2.05) is 45.0 Å². The molecule has 1 aromatic carbocycles. The van der Waals surface area contributed by atoms with Crippen LogP contribution < -0.4 is 5.73 Å². The number of aryl methyl sites for hydroxylation is 1. The van der Waals surface area contributed by atoms with Gasteiger partial charge in [-0.2, -0.15) is 0 Å². The number of benzene rings is 1. The van der Waals surface area contributed by atoms with Crippen molar-refractivity contribution in [1.82, 2.24) is 0 Å². The van der Waals surface area contributed by atoms with E-state index in [-0.39, 0.29) is 17.7 Å². The third kappa shape index (κ3) is 3.48. The maximum Gasteiger partial charge on any atom is 0.141 e. The molecule has 2 heteroatoms. The SMILES string of the molecule is Cc1cccc(CC(=O)C(C)C(C)N)c1. The molecule has 0 saturated carbocycles. The van der Waals surface area contributed by atoms with Crippen LogP contribution in [-0.4, -0.2) is 11.8 Å². The molecule has 0 radical (unpaired) electrons. The van der Waals surface area contributed by atoms with Crippen LogP contribution in [0.25, 0.3) is 0 Å². The summed E-state index contributed by atoms with van der Waals surface area (Å²) in [5.74, 6) is 0.154. The van der Waals surface area contributed by atoms with E-state index < -0.39 is 0 Å². The molecule has 82 valence electrons. The van der Waals surface area contributed by atoms with Gasteiger partial charge in [-0.1, -0.05) is 36.8 Å². The minimum absolute atomic E-state index is 0.0643. The third-order valence-corrected chi connectivity index (χ3v) is 2.76. The molecule has 0 amide bonds. The van der Waals surface area contributed by atoms with Gasteiger partial charge in [0.25, 0.3) is 0 Å². The summed E-state index contributed by atoms with van der Waals surface area (Å²) in [4.78, 5) is 11.8. The van der Waals surface area contributed by atoms with Gasteiger partial charge in [-0.3, -0.25) is 4.79 Å². The maximum atomic E-state index is 11.8. The Labute approximate surface area is 91.5 Å². The molecule has 0 heterocycles. The van der Waals surface area contributed by atoms with E-state index in [2.05, 4.69) is 0 Å². The maximum absolute atomic E-state index is 11.8. The van der Waals surface area contributed by atoms with Crippen LogP contribution in [0.2, 0.25) is 0 Å². The van der Waals surface area contributed by atoms with E-state index in [0.717, 1.165) is 5.56 Å². The molecule has 0 bridgehead atoms. The highest BCUT2D eigenvalue weighted by Gasteiger charge is 2.16. The van der Waals surface area contributed by atoms with Crippen LogP contribution in [0.1, 0.15) is 25.0 Å². The van der Waals surface area contributed by atoms with Gasteiger partial charge in [-0.25, -0.2) is 0 Å². The second-order valence-electron chi connectivity index (χ2n) is 4.28. The van der Waals surface area contributed by atoms with Gasteiger partial charge in [0, 0.05) is 18.4 Å². The van der Waals surface area contributed by atoms with Crippen LogP contribution in [0.3, 0.4) is 0 Å². The van der Waals surface area contributed by atoms with Crippen LogP contribution in [-0.2, 0) is 11.2 Å². The smallest absolute Gasteiger partial charge is 0.141 e. The van der Waals surface area contributed by atoms with Crippen LogP contribution in [0.4, 0.5) is 0 Å². The van der Waals surface area contributed by atoms with Gasteiger partial charge in [0.2, 0.25) is 0 Å². The Morgan fingerprint density at radius 3 is 2.60 bits per heavy atom. The number of rotatable bonds is 4. The predicted molar refractivity (Wildman–Crippen MR) is 62.7 cm³/mol. The first-order chi connectivity index (χ1) is 7.00. The van der Waals surface area contributed by atoms with E-state index in [9.17, 15) is 4.79 Å². The zero-order chi connectivity index (χ0) is 11.4. The lowest BCUT2D eigenvalue weighted by atomic mass is 9.94. The fourth-order valence-corrected chi connectivity index (χ4v) is 1.48. The van der Waals surface area contributed by atoms with Crippen molar-refractivity contribution in [3.63, 3.8) is 0 Å². The zero-order valence-electron chi connectivity index (χ0n) is 9.66. The number of hydrogen-bond acceptors (Lipinski definition) is 2. The van der Waals surface area contributed by atoms with E-state index >= 15 is 0 Å². The molecule has 2 nitrogen and oxygen atoms in total. The highest BCUT2D eigenvalue weighted by molar-refractivity contribution is 5.83. The van der Waals surface area contributed by atoms with Gasteiger partial charge in [-0.05, 0) is 19.4 Å². The van der Waals surface area contributed by atoms with Gasteiger partial charge in [0.15, 0.2) is 0 Å². The quantitative estimate of drug-likeness (QED) is 0.818.